The number of nitrogens with zero attached hydrogens (tertiary/aromatic N) is 2. The number of halogens is 2. The van der Waals surface area contributed by atoms with Crippen molar-refractivity contribution in [3.05, 3.63) is 81.3 Å². The molecule has 2 heterocycles. The number of hydrogen-bond donors (Lipinski definition) is 1. The van der Waals surface area contributed by atoms with Crippen molar-refractivity contribution < 1.29 is 23.5 Å². The number of nitrogens with one attached hydrogen (secondary N) is 1. The third-order valence-electron chi connectivity index (χ3n) is 5.43. The maximum atomic E-state index is 14.6. The minimum absolute atomic E-state index is 0.220. The van der Waals surface area contributed by atoms with Gasteiger partial charge >= 0.3 is 6.03 Å². The number of anilines is 1. The van der Waals surface area contributed by atoms with Gasteiger partial charge < -0.3 is 9.30 Å². The Balaban J connectivity index is 1.78. The summed E-state index contributed by atoms with van der Waals surface area (Å²) in [6.45, 7) is 5.68. The number of imide groups is 2. The second-order valence-corrected chi connectivity index (χ2v) is 8.53. The summed E-state index contributed by atoms with van der Waals surface area (Å²) in [5.41, 5.74) is 2.24. The smallest absolute Gasteiger partial charge is 0.336 e. The number of rotatable bonds is 5. The molecular formula is C25H21BrFN3O4. The number of aromatic nitrogens is 1. The fourth-order valence-corrected chi connectivity index (χ4v) is 4.25. The van der Waals surface area contributed by atoms with Gasteiger partial charge in [0.05, 0.1) is 18.0 Å². The van der Waals surface area contributed by atoms with Crippen molar-refractivity contribution >= 4 is 45.5 Å². The van der Waals surface area contributed by atoms with E-state index < -0.39 is 23.7 Å². The van der Waals surface area contributed by atoms with Crippen LogP contribution < -0.4 is 15.0 Å². The van der Waals surface area contributed by atoms with Gasteiger partial charge in [0, 0.05) is 15.9 Å². The SMILES string of the molecule is CCOc1ccccc1N1C(=O)NC(=O)/C(=C\c2cc(C)n(-c3ccc(Br)cc3F)c2C)C1=O. The molecule has 0 aliphatic carbocycles. The molecular weight excluding hydrogens is 505 g/mol. The number of amides is 4. The fourth-order valence-electron chi connectivity index (χ4n) is 3.92. The Kier molecular flexibility index (Phi) is 6.39. The molecule has 1 aliphatic heterocycles. The van der Waals surface area contributed by atoms with Crippen LogP contribution in [0.1, 0.15) is 23.9 Å². The molecule has 7 nitrogen and oxygen atoms in total. The van der Waals surface area contributed by atoms with Crippen molar-refractivity contribution in [1.29, 1.82) is 0 Å². The van der Waals surface area contributed by atoms with Crippen LogP contribution in [0.3, 0.4) is 0 Å². The molecule has 1 aliphatic rings. The first-order valence-corrected chi connectivity index (χ1v) is 11.3. The molecule has 174 valence electrons. The van der Waals surface area contributed by atoms with E-state index in [2.05, 4.69) is 21.2 Å². The van der Waals surface area contributed by atoms with Crippen LogP contribution in [0.5, 0.6) is 5.75 Å². The number of para-hydroxylation sites is 2. The van der Waals surface area contributed by atoms with Gasteiger partial charge in [0.25, 0.3) is 11.8 Å². The number of barbiturate groups is 1. The topological polar surface area (TPSA) is 80.6 Å². The van der Waals surface area contributed by atoms with Crippen molar-refractivity contribution in [3.8, 4) is 11.4 Å². The first-order valence-electron chi connectivity index (χ1n) is 10.5. The van der Waals surface area contributed by atoms with Crippen molar-refractivity contribution in [2.45, 2.75) is 20.8 Å². The molecule has 34 heavy (non-hydrogen) atoms. The van der Waals surface area contributed by atoms with Crippen molar-refractivity contribution in [1.82, 2.24) is 9.88 Å². The Bertz CT molecular complexity index is 1360. The van der Waals surface area contributed by atoms with Crippen molar-refractivity contribution in [2.75, 3.05) is 11.5 Å². The van der Waals surface area contributed by atoms with Crippen molar-refractivity contribution in [3.63, 3.8) is 0 Å². The van der Waals surface area contributed by atoms with Gasteiger partial charge in [-0.05, 0) is 68.8 Å². The van der Waals surface area contributed by atoms with Crippen LogP contribution in [0, 0.1) is 19.7 Å². The lowest BCUT2D eigenvalue weighted by molar-refractivity contribution is -0.122. The molecule has 9 heteroatoms. The molecule has 0 bridgehead atoms. The highest BCUT2D eigenvalue weighted by Gasteiger charge is 2.38. The molecule has 0 atom stereocenters. The standard InChI is InChI=1S/C25H21BrFN3O4/c1-4-34-22-8-6-5-7-21(22)30-24(32)18(23(31)28-25(30)33)12-16-11-14(2)29(15(16)3)20-10-9-17(26)13-19(20)27/h5-13H,4H2,1-3H3,(H,28,31,33)/b18-12+. The highest BCUT2D eigenvalue weighted by molar-refractivity contribution is 9.10. The van der Waals surface area contributed by atoms with Gasteiger partial charge in [0.2, 0.25) is 0 Å². The van der Waals surface area contributed by atoms with Crippen LogP contribution in [-0.2, 0) is 9.59 Å². The number of ether oxygens (including phenoxy) is 1. The first kappa shape index (κ1) is 23.4. The summed E-state index contributed by atoms with van der Waals surface area (Å²) in [5, 5.41) is 2.22. The lowest BCUT2D eigenvalue weighted by Crippen LogP contribution is -2.54. The van der Waals surface area contributed by atoms with Crippen molar-refractivity contribution in [2.24, 2.45) is 0 Å². The van der Waals surface area contributed by atoms with Crippen LogP contribution >= 0.6 is 15.9 Å². The maximum Gasteiger partial charge on any atom is 0.336 e. The molecule has 0 saturated carbocycles. The summed E-state index contributed by atoms with van der Waals surface area (Å²) >= 11 is 3.25. The Labute approximate surface area is 203 Å². The molecule has 1 fully saturated rings. The summed E-state index contributed by atoms with van der Waals surface area (Å²) in [4.78, 5) is 39.4. The van der Waals surface area contributed by atoms with Crippen LogP contribution in [0.15, 0.2) is 58.6 Å². The zero-order chi connectivity index (χ0) is 24.6. The Morgan fingerprint density at radius 2 is 1.79 bits per heavy atom. The maximum absolute atomic E-state index is 14.6. The van der Waals surface area contributed by atoms with Crippen LogP contribution in [0.4, 0.5) is 14.9 Å². The lowest BCUT2D eigenvalue weighted by atomic mass is 10.1. The van der Waals surface area contributed by atoms with Crippen LogP contribution in [-0.4, -0.2) is 29.0 Å². The van der Waals surface area contributed by atoms with Gasteiger partial charge in [-0.1, -0.05) is 28.1 Å². The predicted octanol–water partition coefficient (Wildman–Crippen LogP) is 5.06. The molecule has 1 aromatic heterocycles. The third-order valence-corrected chi connectivity index (χ3v) is 5.92. The average molecular weight is 526 g/mol. The molecule has 1 N–H and O–H groups in total. The van der Waals surface area contributed by atoms with Gasteiger partial charge in [-0.3, -0.25) is 14.9 Å². The summed E-state index contributed by atoms with van der Waals surface area (Å²) in [6.07, 6.45) is 1.41. The van der Waals surface area contributed by atoms with E-state index in [1.54, 1.807) is 67.8 Å². The molecule has 1 saturated heterocycles. The minimum Gasteiger partial charge on any atom is -0.492 e. The van der Waals surface area contributed by atoms with E-state index in [1.807, 2.05) is 0 Å². The van der Waals surface area contributed by atoms with E-state index in [9.17, 15) is 18.8 Å². The predicted molar refractivity (Wildman–Crippen MR) is 130 cm³/mol. The fraction of sp³-hybridized carbons (Fsp3) is 0.160. The Hall–Kier alpha value is -3.72. The normalized spacial score (nSPS) is 15.1. The lowest BCUT2D eigenvalue weighted by Gasteiger charge is -2.27. The van der Waals surface area contributed by atoms with E-state index in [-0.39, 0.29) is 11.3 Å². The zero-order valence-corrected chi connectivity index (χ0v) is 20.3. The number of benzene rings is 2. The van der Waals surface area contributed by atoms with E-state index in [0.717, 1.165) is 4.90 Å². The second kappa shape index (κ2) is 9.26. The number of hydrogen-bond acceptors (Lipinski definition) is 4. The largest absolute Gasteiger partial charge is 0.492 e. The molecule has 4 rings (SSSR count). The van der Waals surface area contributed by atoms with Crippen LogP contribution in [0.2, 0.25) is 0 Å². The summed E-state index contributed by atoms with van der Waals surface area (Å²) in [6, 6.07) is 12.2. The third kappa shape index (κ3) is 4.14. The van der Waals surface area contributed by atoms with E-state index in [0.29, 0.717) is 39.5 Å². The molecule has 0 spiro atoms. The number of carbonyl (C=O) groups excluding carboxylic acids is 3. The van der Waals surface area contributed by atoms with Gasteiger partial charge in [-0.15, -0.1) is 0 Å². The molecule has 2 aromatic carbocycles. The quantitative estimate of drug-likeness (QED) is 0.372. The van der Waals surface area contributed by atoms with Gasteiger partial charge in [-0.25, -0.2) is 14.1 Å². The van der Waals surface area contributed by atoms with Gasteiger partial charge in [0.15, 0.2) is 0 Å². The highest BCUT2D eigenvalue weighted by atomic mass is 79.9. The zero-order valence-electron chi connectivity index (χ0n) is 18.7. The summed E-state index contributed by atoms with van der Waals surface area (Å²) in [5.74, 6) is -1.67. The van der Waals surface area contributed by atoms with E-state index >= 15 is 0 Å². The monoisotopic (exact) mass is 525 g/mol. The Morgan fingerprint density at radius 3 is 2.50 bits per heavy atom. The highest BCUT2D eigenvalue weighted by Crippen LogP contribution is 2.32. The molecule has 0 radical (unpaired) electrons. The summed E-state index contributed by atoms with van der Waals surface area (Å²) in [7, 11) is 0. The number of carbonyl (C=O) groups is 3. The van der Waals surface area contributed by atoms with E-state index in [4.69, 9.17) is 4.74 Å². The number of aryl methyl sites for hydroxylation is 1. The molecule has 0 unspecified atom stereocenters. The van der Waals surface area contributed by atoms with Gasteiger partial charge in [0.1, 0.15) is 17.1 Å². The first-order chi connectivity index (χ1) is 16.2. The van der Waals surface area contributed by atoms with Gasteiger partial charge in [-0.2, -0.15) is 0 Å². The minimum atomic E-state index is -0.860. The van der Waals surface area contributed by atoms with E-state index in [1.165, 1.54) is 12.1 Å². The Morgan fingerprint density at radius 1 is 1.06 bits per heavy atom. The second-order valence-electron chi connectivity index (χ2n) is 7.62. The molecule has 4 amide bonds. The number of urea groups is 1. The van der Waals surface area contributed by atoms with Crippen LogP contribution in [0.25, 0.3) is 11.8 Å². The average Bonchev–Trinajstić information content (AvgIpc) is 3.05. The summed E-state index contributed by atoms with van der Waals surface area (Å²) < 4.78 is 22.5. The molecule has 3 aromatic rings.